The van der Waals surface area contributed by atoms with Gasteiger partial charge in [-0.15, -0.1) is 0 Å². The van der Waals surface area contributed by atoms with Gasteiger partial charge in [-0.05, 0) is 52.6 Å². The van der Waals surface area contributed by atoms with E-state index < -0.39 is 6.10 Å². The molecule has 4 atom stereocenters. The Labute approximate surface area is 145 Å². The Kier molecular flexibility index (Phi) is 5.77. The van der Waals surface area contributed by atoms with E-state index in [0.29, 0.717) is 0 Å². The van der Waals surface area contributed by atoms with Crippen molar-refractivity contribution in [1.82, 2.24) is 4.90 Å². The molecule has 2 heterocycles. The third-order valence-electron chi connectivity index (χ3n) is 5.77. The first-order valence-electron chi connectivity index (χ1n) is 9.48. The smallest absolute Gasteiger partial charge is 0.311 e. The molecular formula is C20H31NO3. The van der Waals surface area contributed by atoms with E-state index in [9.17, 15) is 9.90 Å². The second-order valence-corrected chi connectivity index (χ2v) is 7.82. The molecule has 0 spiro atoms. The maximum absolute atomic E-state index is 12.5. The van der Waals surface area contributed by atoms with Gasteiger partial charge in [0.2, 0.25) is 0 Å². The van der Waals surface area contributed by atoms with Gasteiger partial charge in [0.1, 0.15) is 6.10 Å². The van der Waals surface area contributed by atoms with Crippen molar-refractivity contribution < 1.29 is 14.6 Å². The van der Waals surface area contributed by atoms with Crippen LogP contribution in [0.5, 0.6) is 0 Å². The third kappa shape index (κ3) is 4.09. The Balaban J connectivity index is 1.81. The van der Waals surface area contributed by atoms with E-state index in [-0.39, 0.29) is 23.9 Å². The van der Waals surface area contributed by atoms with Gasteiger partial charge in [-0.3, -0.25) is 4.79 Å². The lowest BCUT2D eigenvalue weighted by Crippen LogP contribution is -2.41. The molecular weight excluding hydrogens is 302 g/mol. The minimum Gasteiger partial charge on any atom is -0.461 e. The second-order valence-electron chi connectivity index (χ2n) is 7.82. The third-order valence-corrected chi connectivity index (χ3v) is 5.77. The molecule has 0 saturated carbocycles. The van der Waals surface area contributed by atoms with Crippen LogP contribution in [0.3, 0.4) is 0 Å². The van der Waals surface area contributed by atoms with E-state index in [0.717, 1.165) is 38.9 Å². The number of hydrogen-bond acceptors (Lipinski definition) is 4. The zero-order valence-electron chi connectivity index (χ0n) is 15.0. The SMILES string of the molecule is CC1=CCC/C(C)=C/[C@@H](O)[C@@H]2[C@H](C1)OC(=O)[C@H]2CN1CCCCC1. The van der Waals surface area contributed by atoms with Crippen LogP contribution >= 0.6 is 0 Å². The average Bonchev–Trinajstić information content (AvgIpc) is 2.83. The average molecular weight is 333 g/mol. The molecule has 0 bridgehead atoms. The highest BCUT2D eigenvalue weighted by Crippen LogP contribution is 2.37. The van der Waals surface area contributed by atoms with Crippen LogP contribution in [-0.2, 0) is 9.53 Å². The summed E-state index contributed by atoms with van der Waals surface area (Å²) in [5, 5.41) is 10.8. The molecule has 1 aliphatic carbocycles. The van der Waals surface area contributed by atoms with Crippen molar-refractivity contribution >= 4 is 5.97 Å². The highest BCUT2D eigenvalue weighted by Gasteiger charge is 2.48. The van der Waals surface area contributed by atoms with E-state index in [1.165, 1.54) is 30.4 Å². The number of esters is 1. The van der Waals surface area contributed by atoms with Crippen molar-refractivity contribution in [3.63, 3.8) is 0 Å². The Bertz CT molecular complexity index is 519. The molecule has 4 nitrogen and oxygen atoms in total. The van der Waals surface area contributed by atoms with Crippen LogP contribution < -0.4 is 0 Å². The maximum atomic E-state index is 12.5. The number of fused-ring (bicyclic) bond motifs is 1. The molecule has 4 heteroatoms. The predicted octanol–water partition coefficient (Wildman–Crippen LogP) is 3.07. The second kappa shape index (κ2) is 7.83. The molecule has 3 rings (SSSR count). The van der Waals surface area contributed by atoms with Crippen molar-refractivity contribution in [2.24, 2.45) is 11.8 Å². The number of allylic oxidation sites excluding steroid dienone is 2. The Morgan fingerprint density at radius 1 is 1.21 bits per heavy atom. The molecule has 0 aromatic rings. The van der Waals surface area contributed by atoms with E-state index in [4.69, 9.17) is 4.74 Å². The number of aliphatic hydroxyl groups excluding tert-OH is 1. The van der Waals surface area contributed by atoms with Crippen molar-refractivity contribution in [3.05, 3.63) is 23.3 Å². The largest absolute Gasteiger partial charge is 0.461 e. The maximum Gasteiger partial charge on any atom is 0.311 e. The molecule has 3 aliphatic rings. The zero-order chi connectivity index (χ0) is 17.1. The fraction of sp³-hybridized carbons (Fsp3) is 0.750. The lowest BCUT2D eigenvalue weighted by molar-refractivity contribution is -0.144. The summed E-state index contributed by atoms with van der Waals surface area (Å²) in [6.07, 6.45) is 9.82. The first kappa shape index (κ1) is 17.7. The fourth-order valence-corrected chi connectivity index (χ4v) is 4.42. The van der Waals surface area contributed by atoms with Crippen LogP contribution in [0.25, 0.3) is 0 Å². The molecule has 24 heavy (non-hydrogen) atoms. The molecule has 0 amide bonds. The van der Waals surface area contributed by atoms with E-state index in [1.54, 1.807) is 0 Å². The lowest BCUT2D eigenvalue weighted by Gasteiger charge is -2.31. The van der Waals surface area contributed by atoms with Crippen LogP contribution in [0.2, 0.25) is 0 Å². The van der Waals surface area contributed by atoms with Crippen molar-refractivity contribution in [2.45, 2.75) is 64.6 Å². The standard InChI is InChI=1S/C20H31NO3/c1-14-7-6-8-15(2)12-18-19(17(22)11-14)16(20(23)24-18)13-21-9-4-3-5-10-21/h8,11,16-19,22H,3-7,9-10,12-13H2,1-2H3/b14-11+,15-8?/t16-,17+,18-,19+/m0/s1. The van der Waals surface area contributed by atoms with Crippen LogP contribution in [0.15, 0.2) is 23.3 Å². The van der Waals surface area contributed by atoms with Crippen LogP contribution in [0.4, 0.5) is 0 Å². The van der Waals surface area contributed by atoms with Gasteiger partial charge >= 0.3 is 5.97 Å². The summed E-state index contributed by atoms with van der Waals surface area (Å²) >= 11 is 0. The Hall–Kier alpha value is -1.13. The van der Waals surface area contributed by atoms with Gasteiger partial charge in [0.25, 0.3) is 0 Å². The number of hydrogen-bond donors (Lipinski definition) is 1. The normalized spacial score (nSPS) is 37.9. The minimum atomic E-state index is -0.595. The summed E-state index contributed by atoms with van der Waals surface area (Å²) in [6, 6.07) is 0. The summed E-state index contributed by atoms with van der Waals surface area (Å²) in [5.74, 6) is -0.456. The summed E-state index contributed by atoms with van der Waals surface area (Å²) < 4.78 is 5.73. The molecule has 0 aromatic carbocycles. The molecule has 0 aromatic heterocycles. The number of likely N-dealkylation sites (tertiary alicyclic amines) is 1. The molecule has 2 fully saturated rings. The monoisotopic (exact) mass is 333 g/mol. The first-order valence-corrected chi connectivity index (χ1v) is 9.48. The summed E-state index contributed by atoms with van der Waals surface area (Å²) in [7, 11) is 0. The number of carbonyl (C=O) groups is 1. The highest BCUT2D eigenvalue weighted by molar-refractivity contribution is 5.76. The summed E-state index contributed by atoms with van der Waals surface area (Å²) in [4.78, 5) is 14.9. The number of piperidine rings is 1. The quantitative estimate of drug-likeness (QED) is 0.623. The van der Waals surface area contributed by atoms with Gasteiger partial charge < -0.3 is 14.7 Å². The molecule has 1 N–H and O–H groups in total. The minimum absolute atomic E-state index is 0.118. The number of ether oxygens (including phenoxy) is 1. The van der Waals surface area contributed by atoms with Crippen LogP contribution in [-0.4, -0.2) is 47.8 Å². The van der Waals surface area contributed by atoms with Crippen molar-refractivity contribution in [1.29, 1.82) is 0 Å². The molecule has 134 valence electrons. The van der Waals surface area contributed by atoms with E-state index >= 15 is 0 Å². The summed E-state index contributed by atoms with van der Waals surface area (Å²) in [5.41, 5.74) is 2.46. The number of carbonyl (C=O) groups excluding carboxylic acids is 1. The Morgan fingerprint density at radius 3 is 2.71 bits per heavy atom. The fourth-order valence-electron chi connectivity index (χ4n) is 4.42. The zero-order valence-corrected chi connectivity index (χ0v) is 15.0. The Morgan fingerprint density at radius 2 is 1.96 bits per heavy atom. The van der Waals surface area contributed by atoms with E-state index in [2.05, 4.69) is 24.8 Å². The topological polar surface area (TPSA) is 49.8 Å². The number of nitrogens with zero attached hydrogens (tertiary/aromatic N) is 1. The highest BCUT2D eigenvalue weighted by atomic mass is 16.6. The van der Waals surface area contributed by atoms with Crippen molar-refractivity contribution in [2.75, 3.05) is 19.6 Å². The number of aliphatic hydroxyl groups is 1. The molecule has 0 unspecified atom stereocenters. The molecule has 0 radical (unpaired) electrons. The lowest BCUT2D eigenvalue weighted by atomic mass is 9.81. The first-order chi connectivity index (χ1) is 11.5. The van der Waals surface area contributed by atoms with Gasteiger partial charge in [-0.25, -0.2) is 0 Å². The molecule has 2 aliphatic heterocycles. The molecule has 2 saturated heterocycles. The van der Waals surface area contributed by atoms with Crippen molar-refractivity contribution in [3.8, 4) is 0 Å². The predicted molar refractivity (Wildman–Crippen MR) is 94.5 cm³/mol. The van der Waals surface area contributed by atoms with Gasteiger partial charge in [-0.2, -0.15) is 0 Å². The van der Waals surface area contributed by atoms with Gasteiger partial charge in [0.05, 0.1) is 12.0 Å². The summed E-state index contributed by atoms with van der Waals surface area (Å²) in [6.45, 7) is 7.03. The number of rotatable bonds is 2. The van der Waals surface area contributed by atoms with Gasteiger partial charge in [0, 0.05) is 18.9 Å². The van der Waals surface area contributed by atoms with Gasteiger partial charge in [0.15, 0.2) is 0 Å². The van der Waals surface area contributed by atoms with Crippen LogP contribution in [0.1, 0.15) is 52.4 Å². The van der Waals surface area contributed by atoms with Gasteiger partial charge in [-0.1, -0.05) is 29.7 Å². The van der Waals surface area contributed by atoms with Crippen LogP contribution in [0, 0.1) is 11.8 Å². The van der Waals surface area contributed by atoms with E-state index in [1.807, 2.05) is 6.08 Å².